The van der Waals surface area contributed by atoms with Crippen LogP contribution in [0.15, 0.2) is 77.0 Å². The van der Waals surface area contributed by atoms with Gasteiger partial charge in [-0.25, -0.2) is 13.4 Å². The molecular formula is C23H16Cl2N2O3S2. The lowest BCUT2D eigenvalue weighted by atomic mass is 10.1. The van der Waals surface area contributed by atoms with E-state index in [0.717, 1.165) is 28.1 Å². The maximum absolute atomic E-state index is 12.6. The van der Waals surface area contributed by atoms with Crippen molar-refractivity contribution in [3.05, 3.63) is 87.7 Å². The number of amides is 1. The van der Waals surface area contributed by atoms with Gasteiger partial charge < -0.3 is 5.32 Å². The molecule has 162 valence electrons. The second kappa shape index (κ2) is 9.03. The Labute approximate surface area is 199 Å². The van der Waals surface area contributed by atoms with Crippen LogP contribution in [0.4, 0.5) is 5.69 Å². The molecule has 0 atom stereocenters. The van der Waals surface area contributed by atoms with E-state index in [4.69, 9.17) is 23.2 Å². The number of rotatable bonds is 5. The van der Waals surface area contributed by atoms with Crippen LogP contribution in [0.25, 0.3) is 21.8 Å². The van der Waals surface area contributed by atoms with Gasteiger partial charge in [-0.05, 0) is 36.4 Å². The second-order valence-electron chi connectivity index (χ2n) is 6.97. The maximum Gasteiger partial charge on any atom is 0.257 e. The molecule has 9 heteroatoms. The van der Waals surface area contributed by atoms with Crippen molar-refractivity contribution in [2.24, 2.45) is 0 Å². The molecule has 32 heavy (non-hydrogen) atoms. The van der Waals surface area contributed by atoms with Crippen molar-refractivity contribution in [3.8, 4) is 21.8 Å². The average Bonchev–Trinajstić information content (AvgIpc) is 3.23. The SMILES string of the molecule is CS(=O)(=O)c1ccc(C(=O)Nc2ccc(-c3csc(-c4ccccc4)n3)c(Cl)c2)c(Cl)c1. The number of hydrogen-bond donors (Lipinski definition) is 1. The molecule has 1 amide bonds. The molecule has 4 rings (SSSR count). The first-order valence-electron chi connectivity index (χ1n) is 9.34. The topological polar surface area (TPSA) is 76.1 Å². The summed E-state index contributed by atoms with van der Waals surface area (Å²) in [7, 11) is -3.42. The van der Waals surface area contributed by atoms with Crippen LogP contribution in [0.1, 0.15) is 10.4 Å². The van der Waals surface area contributed by atoms with Gasteiger partial charge in [0.05, 0.1) is 26.2 Å². The number of thiazole rings is 1. The van der Waals surface area contributed by atoms with Gasteiger partial charge in [-0.3, -0.25) is 4.79 Å². The number of hydrogen-bond acceptors (Lipinski definition) is 5. The van der Waals surface area contributed by atoms with Gasteiger partial charge in [0.2, 0.25) is 0 Å². The first-order valence-corrected chi connectivity index (χ1v) is 12.9. The predicted octanol–water partition coefficient (Wildman–Crippen LogP) is 6.44. The number of anilines is 1. The van der Waals surface area contributed by atoms with E-state index in [-0.39, 0.29) is 15.5 Å². The van der Waals surface area contributed by atoms with Gasteiger partial charge >= 0.3 is 0 Å². The van der Waals surface area contributed by atoms with Crippen molar-refractivity contribution in [1.29, 1.82) is 0 Å². The molecule has 5 nitrogen and oxygen atoms in total. The van der Waals surface area contributed by atoms with Gasteiger partial charge in [0.1, 0.15) is 5.01 Å². The maximum atomic E-state index is 12.6. The summed E-state index contributed by atoms with van der Waals surface area (Å²) >= 11 is 14.1. The largest absolute Gasteiger partial charge is 0.322 e. The number of sulfone groups is 1. The number of carbonyl (C=O) groups excluding carboxylic acids is 1. The second-order valence-corrected chi connectivity index (χ2v) is 10.7. The van der Waals surface area contributed by atoms with E-state index in [0.29, 0.717) is 10.7 Å². The summed E-state index contributed by atoms with van der Waals surface area (Å²) in [5.41, 5.74) is 3.16. The van der Waals surface area contributed by atoms with Crippen molar-refractivity contribution in [1.82, 2.24) is 4.98 Å². The van der Waals surface area contributed by atoms with Crippen LogP contribution in [0, 0.1) is 0 Å². The molecule has 1 heterocycles. The minimum atomic E-state index is -3.42. The summed E-state index contributed by atoms with van der Waals surface area (Å²) in [5.74, 6) is -0.473. The monoisotopic (exact) mass is 502 g/mol. The van der Waals surface area contributed by atoms with Crippen LogP contribution >= 0.6 is 34.5 Å². The highest BCUT2D eigenvalue weighted by atomic mass is 35.5. The molecule has 1 N–H and O–H groups in total. The zero-order chi connectivity index (χ0) is 22.9. The molecular weight excluding hydrogens is 487 g/mol. The van der Waals surface area contributed by atoms with E-state index in [1.807, 2.05) is 35.7 Å². The Morgan fingerprint density at radius 2 is 1.72 bits per heavy atom. The van der Waals surface area contributed by atoms with Crippen molar-refractivity contribution < 1.29 is 13.2 Å². The lowest BCUT2D eigenvalue weighted by molar-refractivity contribution is 0.102. The van der Waals surface area contributed by atoms with Gasteiger partial charge in [-0.15, -0.1) is 11.3 Å². The number of nitrogens with zero attached hydrogens (tertiary/aromatic N) is 1. The van der Waals surface area contributed by atoms with Gasteiger partial charge in [0.25, 0.3) is 5.91 Å². The third-order valence-corrected chi connectivity index (χ3v) is 7.27. The van der Waals surface area contributed by atoms with Gasteiger partial charge in [-0.1, -0.05) is 53.5 Å². The number of aromatic nitrogens is 1. The Hall–Kier alpha value is -2.71. The Kier molecular flexibility index (Phi) is 6.35. The van der Waals surface area contributed by atoms with Crippen LogP contribution in [-0.2, 0) is 9.84 Å². The summed E-state index contributed by atoms with van der Waals surface area (Å²) in [6.07, 6.45) is 1.08. The fraction of sp³-hybridized carbons (Fsp3) is 0.0435. The molecule has 0 fully saturated rings. The quantitative estimate of drug-likeness (QED) is 0.340. The zero-order valence-electron chi connectivity index (χ0n) is 16.7. The molecule has 0 aliphatic heterocycles. The third-order valence-electron chi connectivity index (χ3n) is 4.64. The van der Waals surface area contributed by atoms with Crippen LogP contribution in [0.3, 0.4) is 0 Å². The summed E-state index contributed by atoms with van der Waals surface area (Å²) in [6, 6.07) is 19.0. The van der Waals surface area contributed by atoms with E-state index in [1.165, 1.54) is 29.5 Å². The normalized spacial score (nSPS) is 11.3. The lowest BCUT2D eigenvalue weighted by Gasteiger charge is -2.10. The van der Waals surface area contributed by atoms with Crippen LogP contribution in [-0.4, -0.2) is 25.6 Å². The highest BCUT2D eigenvalue weighted by Gasteiger charge is 2.16. The third kappa shape index (κ3) is 4.86. The molecule has 0 unspecified atom stereocenters. The van der Waals surface area contributed by atoms with E-state index in [9.17, 15) is 13.2 Å². The molecule has 3 aromatic carbocycles. The van der Waals surface area contributed by atoms with Crippen molar-refractivity contribution in [3.63, 3.8) is 0 Å². The molecule has 0 spiro atoms. The number of carbonyl (C=O) groups is 1. The zero-order valence-corrected chi connectivity index (χ0v) is 19.8. The summed E-state index contributed by atoms with van der Waals surface area (Å²) in [6.45, 7) is 0. The highest BCUT2D eigenvalue weighted by molar-refractivity contribution is 7.90. The van der Waals surface area contributed by atoms with E-state index >= 15 is 0 Å². The Bertz CT molecular complexity index is 1420. The molecule has 0 radical (unpaired) electrons. The van der Waals surface area contributed by atoms with Crippen molar-refractivity contribution in [2.45, 2.75) is 4.90 Å². The molecule has 0 bridgehead atoms. The first-order chi connectivity index (χ1) is 15.2. The highest BCUT2D eigenvalue weighted by Crippen LogP contribution is 2.34. The van der Waals surface area contributed by atoms with Crippen molar-refractivity contribution >= 4 is 56.0 Å². The van der Waals surface area contributed by atoms with Crippen molar-refractivity contribution in [2.75, 3.05) is 11.6 Å². The average molecular weight is 503 g/mol. The number of nitrogens with one attached hydrogen (secondary N) is 1. The smallest absolute Gasteiger partial charge is 0.257 e. The molecule has 0 saturated heterocycles. The standard InChI is InChI=1S/C23H16Cl2N2O3S2/c1-32(29,30)16-8-10-18(20(25)12-16)22(28)26-15-7-9-17(19(24)11-15)21-13-31-23(27-21)14-5-3-2-4-6-14/h2-13H,1H3,(H,26,28). The predicted molar refractivity (Wildman–Crippen MR) is 131 cm³/mol. The van der Waals surface area contributed by atoms with Gasteiger partial charge in [-0.2, -0.15) is 0 Å². The summed E-state index contributed by atoms with van der Waals surface area (Å²) < 4.78 is 23.3. The lowest BCUT2D eigenvalue weighted by Crippen LogP contribution is -2.13. The fourth-order valence-corrected chi connectivity index (χ4v) is 5.10. The Balaban J connectivity index is 1.54. The minimum absolute atomic E-state index is 0.0454. The molecule has 0 saturated carbocycles. The number of benzene rings is 3. The Morgan fingerprint density at radius 1 is 0.969 bits per heavy atom. The first kappa shape index (κ1) is 22.5. The van der Waals surface area contributed by atoms with Gasteiger partial charge in [0.15, 0.2) is 9.84 Å². The number of halogens is 2. The van der Waals surface area contributed by atoms with E-state index in [2.05, 4.69) is 10.3 Å². The van der Waals surface area contributed by atoms with Crippen LogP contribution in [0.2, 0.25) is 10.0 Å². The van der Waals surface area contributed by atoms with Crippen LogP contribution in [0.5, 0.6) is 0 Å². The summed E-state index contributed by atoms with van der Waals surface area (Å²) in [4.78, 5) is 17.3. The minimum Gasteiger partial charge on any atom is -0.322 e. The summed E-state index contributed by atoms with van der Waals surface area (Å²) in [5, 5.41) is 6.04. The van der Waals surface area contributed by atoms with E-state index in [1.54, 1.807) is 18.2 Å². The van der Waals surface area contributed by atoms with Gasteiger partial charge in [0, 0.05) is 28.5 Å². The fourth-order valence-electron chi connectivity index (χ4n) is 3.02. The van der Waals surface area contributed by atoms with Crippen LogP contribution < -0.4 is 5.32 Å². The molecule has 4 aromatic rings. The molecule has 1 aromatic heterocycles. The molecule has 0 aliphatic carbocycles. The van der Waals surface area contributed by atoms with E-state index < -0.39 is 15.7 Å². The molecule has 0 aliphatic rings. The Morgan fingerprint density at radius 3 is 2.38 bits per heavy atom.